The van der Waals surface area contributed by atoms with Gasteiger partial charge in [-0.05, 0) is 0 Å². The Morgan fingerprint density at radius 2 is 1.06 bits per heavy atom. The zero-order valence-electron chi connectivity index (χ0n) is 9.10. The van der Waals surface area contributed by atoms with Crippen LogP contribution in [-0.4, -0.2) is 0 Å². The Kier molecular flexibility index (Phi) is 1.84. The minimum absolute atomic E-state index is 1.43. The third kappa shape index (κ3) is 1.10. The summed E-state index contributed by atoms with van der Waals surface area (Å²) in [5.41, 5.74) is 0. The molecule has 0 atom stereocenters. The van der Waals surface area contributed by atoms with Crippen LogP contribution in [-0.2, 0) is 0 Å². The summed E-state index contributed by atoms with van der Waals surface area (Å²) in [6.07, 6.45) is 0. The molecule has 4 heterocycles. The zero-order chi connectivity index (χ0) is 11.7. The summed E-state index contributed by atoms with van der Waals surface area (Å²) in [4.78, 5) is 0. The van der Waals surface area contributed by atoms with Gasteiger partial charge in [0, 0.05) is 52.5 Å². The van der Waals surface area contributed by atoms with Gasteiger partial charge in [0.25, 0.3) is 0 Å². The molecule has 18 heavy (non-hydrogen) atoms. The highest BCUT2D eigenvalue weighted by Crippen LogP contribution is 2.45. The van der Waals surface area contributed by atoms with Crippen LogP contribution in [0.1, 0.15) is 0 Å². The third-order valence-electron chi connectivity index (χ3n) is 3.37. The molecule has 4 aromatic heterocycles. The van der Waals surface area contributed by atoms with E-state index in [1.165, 1.54) is 40.3 Å². The molecule has 0 fully saturated rings. The van der Waals surface area contributed by atoms with E-state index in [1.54, 1.807) is 22.7 Å². The average molecular weight is 302 g/mol. The van der Waals surface area contributed by atoms with Gasteiger partial charge in [-0.15, -0.1) is 22.7 Å². The minimum Gasteiger partial charge on any atom is -0.150 e. The Labute approximate surface area is 119 Å². The van der Waals surface area contributed by atoms with E-state index in [4.69, 9.17) is 0 Å². The lowest BCUT2D eigenvalue weighted by Gasteiger charge is -1.92. The lowest BCUT2D eigenvalue weighted by molar-refractivity contribution is 2.04. The second kappa shape index (κ2) is 3.33. The molecule has 0 saturated heterocycles. The van der Waals surface area contributed by atoms with Crippen LogP contribution in [0.5, 0.6) is 0 Å². The van der Waals surface area contributed by atoms with E-state index in [1.807, 2.05) is 22.7 Å². The molecule has 0 aliphatic carbocycles. The fraction of sp³-hybridized carbons (Fsp3) is 0. The Morgan fingerprint density at radius 1 is 0.556 bits per heavy atom. The van der Waals surface area contributed by atoms with Crippen molar-refractivity contribution < 1.29 is 0 Å². The fourth-order valence-corrected chi connectivity index (χ4v) is 7.04. The maximum atomic E-state index is 2.30. The molecule has 0 nitrogen and oxygen atoms in total. The van der Waals surface area contributed by atoms with Crippen molar-refractivity contribution in [3.05, 3.63) is 33.7 Å². The smallest absolute Gasteiger partial charge is 0.0534 e. The fourth-order valence-electron chi connectivity index (χ4n) is 2.53. The summed E-state index contributed by atoms with van der Waals surface area (Å²) in [5, 5.41) is 14.8. The van der Waals surface area contributed by atoms with Gasteiger partial charge in [-0.1, -0.05) is 12.1 Å². The van der Waals surface area contributed by atoms with Gasteiger partial charge in [-0.2, -0.15) is 22.7 Å². The summed E-state index contributed by atoms with van der Waals surface area (Å²) in [6, 6.07) is 4.60. The van der Waals surface area contributed by atoms with Crippen LogP contribution in [0.15, 0.2) is 33.7 Å². The minimum atomic E-state index is 1.43. The largest absolute Gasteiger partial charge is 0.150 e. The first-order valence-corrected chi connectivity index (χ1v) is 9.09. The number of rotatable bonds is 0. The summed E-state index contributed by atoms with van der Waals surface area (Å²) >= 11 is 7.49. The molecule has 0 N–H and O–H groups in total. The van der Waals surface area contributed by atoms with Crippen molar-refractivity contribution in [2.24, 2.45) is 0 Å². The average Bonchev–Trinajstić information content (AvgIpc) is 3.06. The molecule has 4 heteroatoms. The Bertz CT molecular complexity index is 938. The molecule has 0 amide bonds. The predicted molar refractivity (Wildman–Crippen MR) is 88.0 cm³/mol. The molecule has 5 rings (SSSR count). The van der Waals surface area contributed by atoms with E-state index in [0.29, 0.717) is 0 Å². The lowest BCUT2D eigenvalue weighted by Crippen LogP contribution is -1.65. The van der Waals surface area contributed by atoms with Crippen molar-refractivity contribution in [3.8, 4) is 0 Å². The quantitative estimate of drug-likeness (QED) is 0.304. The van der Waals surface area contributed by atoms with Crippen LogP contribution in [0.2, 0.25) is 0 Å². The number of thiophene rings is 4. The van der Waals surface area contributed by atoms with Crippen molar-refractivity contribution in [3.63, 3.8) is 0 Å². The molecule has 0 unspecified atom stereocenters. The SMILES string of the molecule is c1scc2c1sc1c2ccc2c3cscc3sc21. The number of hydrogen-bond donors (Lipinski definition) is 0. The van der Waals surface area contributed by atoms with E-state index in [9.17, 15) is 0 Å². The van der Waals surface area contributed by atoms with Gasteiger partial charge in [0.1, 0.15) is 0 Å². The summed E-state index contributed by atoms with van der Waals surface area (Å²) < 4.78 is 5.80. The molecular weight excluding hydrogens is 296 g/mol. The number of fused-ring (bicyclic) bond motifs is 7. The molecule has 0 radical (unpaired) electrons. The van der Waals surface area contributed by atoms with Crippen molar-refractivity contribution in [2.75, 3.05) is 0 Å². The lowest BCUT2D eigenvalue weighted by atomic mass is 10.1. The van der Waals surface area contributed by atoms with Gasteiger partial charge in [-0.25, -0.2) is 0 Å². The molecule has 86 valence electrons. The van der Waals surface area contributed by atoms with Crippen LogP contribution in [0.4, 0.5) is 0 Å². The van der Waals surface area contributed by atoms with Crippen LogP contribution in [0, 0.1) is 0 Å². The van der Waals surface area contributed by atoms with Crippen molar-refractivity contribution >= 4 is 85.7 Å². The first-order valence-electron chi connectivity index (χ1n) is 5.57. The van der Waals surface area contributed by atoms with E-state index in [-0.39, 0.29) is 0 Å². The topological polar surface area (TPSA) is 0 Å². The molecule has 0 aliphatic heterocycles. The Balaban J connectivity index is 2.14. The van der Waals surface area contributed by atoms with Gasteiger partial charge in [0.2, 0.25) is 0 Å². The Morgan fingerprint density at radius 3 is 1.56 bits per heavy atom. The number of benzene rings is 1. The maximum Gasteiger partial charge on any atom is 0.0534 e. The second-order valence-corrected chi connectivity index (χ2v) is 7.91. The van der Waals surface area contributed by atoms with E-state index >= 15 is 0 Å². The second-order valence-electron chi connectivity index (χ2n) is 4.32. The van der Waals surface area contributed by atoms with Crippen molar-refractivity contribution in [1.82, 2.24) is 0 Å². The third-order valence-corrected chi connectivity index (χ3v) is 7.66. The molecule has 0 bridgehead atoms. The van der Waals surface area contributed by atoms with Gasteiger partial charge >= 0.3 is 0 Å². The standard InChI is InChI=1S/C14H6S4/c1-2-8-10-4-16-6-12(10)18-14(8)13-7(1)9-3-15-5-11(9)17-13/h1-6H. The van der Waals surface area contributed by atoms with Crippen LogP contribution < -0.4 is 0 Å². The van der Waals surface area contributed by atoms with E-state index in [0.717, 1.165) is 0 Å². The highest BCUT2D eigenvalue weighted by Gasteiger charge is 2.13. The maximum absolute atomic E-state index is 2.30. The van der Waals surface area contributed by atoms with Gasteiger partial charge in [0.05, 0.1) is 9.40 Å². The normalized spacial score (nSPS) is 12.4. The first-order chi connectivity index (χ1) is 8.92. The molecule has 0 spiro atoms. The van der Waals surface area contributed by atoms with Crippen LogP contribution in [0.3, 0.4) is 0 Å². The molecule has 5 aromatic rings. The monoisotopic (exact) mass is 302 g/mol. The van der Waals surface area contributed by atoms with Crippen molar-refractivity contribution in [2.45, 2.75) is 0 Å². The van der Waals surface area contributed by atoms with Crippen LogP contribution >= 0.6 is 45.3 Å². The number of hydrogen-bond acceptors (Lipinski definition) is 4. The van der Waals surface area contributed by atoms with E-state index in [2.05, 4.69) is 33.7 Å². The summed E-state index contributed by atoms with van der Waals surface area (Å²) in [7, 11) is 0. The van der Waals surface area contributed by atoms with Gasteiger partial charge < -0.3 is 0 Å². The summed E-state index contributed by atoms with van der Waals surface area (Å²) in [6.45, 7) is 0. The predicted octanol–water partition coefficient (Wildman–Crippen LogP) is 6.55. The zero-order valence-corrected chi connectivity index (χ0v) is 12.4. The first kappa shape index (κ1) is 9.92. The van der Waals surface area contributed by atoms with Gasteiger partial charge in [-0.3, -0.25) is 0 Å². The molecular formula is C14H6S4. The molecule has 0 saturated carbocycles. The molecule has 1 aromatic carbocycles. The highest BCUT2D eigenvalue weighted by molar-refractivity contribution is 7.35. The molecule has 0 aliphatic rings. The van der Waals surface area contributed by atoms with Crippen molar-refractivity contribution in [1.29, 1.82) is 0 Å². The Hall–Kier alpha value is -0.940. The highest BCUT2D eigenvalue weighted by atomic mass is 32.1. The van der Waals surface area contributed by atoms with E-state index < -0.39 is 0 Å². The van der Waals surface area contributed by atoms with Crippen LogP contribution in [0.25, 0.3) is 40.3 Å². The summed E-state index contributed by atoms with van der Waals surface area (Å²) in [5.74, 6) is 0. The van der Waals surface area contributed by atoms with Gasteiger partial charge in [0.15, 0.2) is 0 Å².